The molecule has 2 heterocycles. The number of hydrogen-bond acceptors (Lipinski definition) is 6. The lowest BCUT2D eigenvalue weighted by atomic mass is 10.2. The Bertz CT molecular complexity index is 1070. The Morgan fingerprint density at radius 1 is 1.03 bits per heavy atom. The van der Waals surface area contributed by atoms with Gasteiger partial charge in [-0.15, -0.1) is 10.2 Å². The van der Waals surface area contributed by atoms with Crippen LogP contribution in [0.3, 0.4) is 0 Å². The maximum atomic E-state index is 12.2. The van der Waals surface area contributed by atoms with Crippen LogP contribution in [0.5, 0.6) is 0 Å². The van der Waals surface area contributed by atoms with Crippen molar-refractivity contribution >= 4 is 17.7 Å². The number of thioether (sulfide) groups is 1. The summed E-state index contributed by atoms with van der Waals surface area (Å²) in [5.74, 6) is 1.02. The number of rotatable bonds is 7. The smallest absolute Gasteiger partial charge is 0.316 e. The number of carbonyl (C=O) groups excluding carboxylic acids is 1. The van der Waals surface area contributed by atoms with Crippen LogP contribution in [0.15, 0.2) is 82.6 Å². The number of carbonyl (C=O) groups is 1. The lowest BCUT2D eigenvalue weighted by Crippen LogP contribution is -2.08. The van der Waals surface area contributed by atoms with Gasteiger partial charge in [-0.05, 0) is 36.8 Å². The van der Waals surface area contributed by atoms with Crippen LogP contribution in [0.2, 0.25) is 0 Å². The molecular formula is C22H19N3O3S. The van der Waals surface area contributed by atoms with Crippen molar-refractivity contribution in [2.75, 3.05) is 5.75 Å². The molecule has 6 nitrogen and oxygen atoms in total. The lowest BCUT2D eigenvalue weighted by Gasteiger charge is -2.09. The predicted octanol–water partition coefficient (Wildman–Crippen LogP) is 4.67. The van der Waals surface area contributed by atoms with Crippen molar-refractivity contribution in [3.63, 3.8) is 0 Å². The number of aryl methyl sites for hydroxylation is 1. The van der Waals surface area contributed by atoms with Crippen molar-refractivity contribution in [3.05, 3.63) is 84.1 Å². The van der Waals surface area contributed by atoms with Gasteiger partial charge >= 0.3 is 5.97 Å². The number of furan rings is 1. The summed E-state index contributed by atoms with van der Waals surface area (Å²) in [4.78, 5) is 12.2. The topological polar surface area (TPSA) is 70.2 Å². The van der Waals surface area contributed by atoms with E-state index >= 15 is 0 Å². The van der Waals surface area contributed by atoms with E-state index in [-0.39, 0.29) is 18.3 Å². The number of benzene rings is 2. The lowest BCUT2D eigenvalue weighted by molar-refractivity contribution is -0.141. The molecule has 0 spiro atoms. The molecule has 0 amide bonds. The minimum atomic E-state index is -0.308. The summed E-state index contributed by atoms with van der Waals surface area (Å²) in [6.45, 7) is 2.28. The number of esters is 1. The summed E-state index contributed by atoms with van der Waals surface area (Å²) in [7, 11) is 0. The van der Waals surface area contributed by atoms with E-state index in [4.69, 9.17) is 9.15 Å². The zero-order chi connectivity index (χ0) is 20.1. The van der Waals surface area contributed by atoms with Crippen molar-refractivity contribution in [1.29, 1.82) is 0 Å². The van der Waals surface area contributed by atoms with Crippen LogP contribution in [0.1, 0.15) is 11.1 Å². The van der Waals surface area contributed by atoms with E-state index in [0.29, 0.717) is 16.7 Å². The van der Waals surface area contributed by atoms with E-state index in [0.717, 1.165) is 16.8 Å². The van der Waals surface area contributed by atoms with E-state index < -0.39 is 0 Å². The molecule has 0 bridgehead atoms. The van der Waals surface area contributed by atoms with Gasteiger partial charge in [0, 0.05) is 5.69 Å². The third-order valence-corrected chi connectivity index (χ3v) is 5.13. The Morgan fingerprint density at radius 3 is 2.55 bits per heavy atom. The molecule has 2 aromatic heterocycles. The summed E-state index contributed by atoms with van der Waals surface area (Å²) in [6, 6.07) is 21.2. The molecule has 0 atom stereocenters. The van der Waals surface area contributed by atoms with Crippen molar-refractivity contribution in [3.8, 4) is 17.3 Å². The van der Waals surface area contributed by atoms with Crippen molar-refractivity contribution in [2.45, 2.75) is 18.7 Å². The number of nitrogens with zero attached hydrogens (tertiary/aromatic N) is 3. The standard InChI is InChI=1S/C22H19N3O3S/c1-16-9-11-18(12-10-16)25-21(19-8-5-13-27-19)23-24-22(25)29-15-20(26)28-14-17-6-3-2-4-7-17/h2-13H,14-15H2,1H3. The molecule has 0 radical (unpaired) electrons. The van der Waals surface area contributed by atoms with Crippen LogP contribution >= 0.6 is 11.8 Å². The molecular weight excluding hydrogens is 386 g/mol. The first-order valence-corrected chi connectivity index (χ1v) is 10.1. The Kier molecular flexibility index (Phi) is 5.76. The van der Waals surface area contributed by atoms with Gasteiger partial charge in [-0.1, -0.05) is 59.8 Å². The van der Waals surface area contributed by atoms with E-state index in [1.54, 1.807) is 12.3 Å². The zero-order valence-electron chi connectivity index (χ0n) is 15.8. The first kappa shape index (κ1) is 19.0. The van der Waals surface area contributed by atoms with Crippen LogP contribution in [0.4, 0.5) is 0 Å². The SMILES string of the molecule is Cc1ccc(-n2c(SCC(=O)OCc3ccccc3)nnc2-c2ccco2)cc1. The third kappa shape index (κ3) is 4.57. The van der Waals surface area contributed by atoms with Gasteiger partial charge in [0.15, 0.2) is 10.9 Å². The van der Waals surface area contributed by atoms with Crippen LogP contribution in [0, 0.1) is 6.92 Å². The molecule has 0 unspecified atom stereocenters. The average molecular weight is 405 g/mol. The van der Waals surface area contributed by atoms with E-state index in [1.165, 1.54) is 11.8 Å². The first-order chi connectivity index (χ1) is 14.2. The number of hydrogen-bond donors (Lipinski definition) is 0. The maximum Gasteiger partial charge on any atom is 0.316 e. The largest absolute Gasteiger partial charge is 0.461 e. The van der Waals surface area contributed by atoms with Gasteiger partial charge < -0.3 is 9.15 Å². The van der Waals surface area contributed by atoms with Gasteiger partial charge in [-0.3, -0.25) is 9.36 Å². The molecule has 4 rings (SSSR count). The molecule has 0 aliphatic heterocycles. The second-order valence-electron chi connectivity index (χ2n) is 6.39. The molecule has 0 fully saturated rings. The summed E-state index contributed by atoms with van der Waals surface area (Å²) in [5, 5.41) is 9.14. The monoisotopic (exact) mass is 405 g/mol. The summed E-state index contributed by atoms with van der Waals surface area (Å²) in [6.07, 6.45) is 1.59. The molecule has 0 aliphatic rings. The minimum absolute atomic E-state index is 0.134. The fraction of sp³-hybridized carbons (Fsp3) is 0.136. The quantitative estimate of drug-likeness (QED) is 0.329. The highest BCUT2D eigenvalue weighted by molar-refractivity contribution is 7.99. The molecule has 0 saturated heterocycles. The third-order valence-electron chi connectivity index (χ3n) is 4.23. The summed E-state index contributed by atoms with van der Waals surface area (Å²) < 4.78 is 12.7. The number of ether oxygens (including phenoxy) is 1. The van der Waals surface area contributed by atoms with E-state index in [1.807, 2.05) is 72.2 Å². The Labute approximate surface area is 172 Å². The van der Waals surface area contributed by atoms with Gasteiger partial charge in [0.05, 0.1) is 12.0 Å². The maximum absolute atomic E-state index is 12.2. The molecule has 2 aromatic carbocycles. The molecule has 7 heteroatoms. The highest BCUT2D eigenvalue weighted by Crippen LogP contribution is 2.28. The van der Waals surface area contributed by atoms with Gasteiger partial charge in [0.2, 0.25) is 5.82 Å². The fourth-order valence-corrected chi connectivity index (χ4v) is 3.51. The average Bonchev–Trinajstić information content (AvgIpc) is 3.42. The summed E-state index contributed by atoms with van der Waals surface area (Å²) >= 11 is 1.28. The minimum Gasteiger partial charge on any atom is -0.461 e. The summed E-state index contributed by atoms with van der Waals surface area (Å²) in [5.41, 5.74) is 3.00. The van der Waals surface area contributed by atoms with Crippen LogP contribution in [-0.2, 0) is 16.1 Å². The second kappa shape index (κ2) is 8.79. The van der Waals surface area contributed by atoms with Gasteiger partial charge in [-0.25, -0.2) is 0 Å². The highest BCUT2D eigenvalue weighted by Gasteiger charge is 2.19. The molecule has 0 aliphatic carbocycles. The van der Waals surface area contributed by atoms with Crippen molar-refractivity contribution < 1.29 is 13.9 Å². The van der Waals surface area contributed by atoms with Crippen LogP contribution in [0.25, 0.3) is 17.3 Å². The Morgan fingerprint density at radius 2 is 1.83 bits per heavy atom. The highest BCUT2D eigenvalue weighted by atomic mass is 32.2. The van der Waals surface area contributed by atoms with E-state index in [9.17, 15) is 4.79 Å². The van der Waals surface area contributed by atoms with Crippen molar-refractivity contribution in [1.82, 2.24) is 14.8 Å². The first-order valence-electron chi connectivity index (χ1n) is 9.09. The number of aromatic nitrogens is 3. The van der Waals surface area contributed by atoms with E-state index in [2.05, 4.69) is 10.2 Å². The fourth-order valence-electron chi connectivity index (χ4n) is 2.76. The molecule has 4 aromatic rings. The Hall–Kier alpha value is -3.32. The Balaban J connectivity index is 1.51. The second-order valence-corrected chi connectivity index (χ2v) is 7.33. The predicted molar refractivity (Wildman–Crippen MR) is 111 cm³/mol. The van der Waals surface area contributed by atoms with Gasteiger partial charge in [0.25, 0.3) is 0 Å². The molecule has 0 N–H and O–H groups in total. The van der Waals surface area contributed by atoms with Crippen LogP contribution in [-0.4, -0.2) is 26.5 Å². The molecule has 146 valence electrons. The molecule has 29 heavy (non-hydrogen) atoms. The van der Waals surface area contributed by atoms with Crippen LogP contribution < -0.4 is 0 Å². The zero-order valence-corrected chi connectivity index (χ0v) is 16.6. The van der Waals surface area contributed by atoms with Gasteiger partial charge in [-0.2, -0.15) is 0 Å². The normalized spacial score (nSPS) is 10.8. The van der Waals surface area contributed by atoms with Crippen molar-refractivity contribution in [2.24, 2.45) is 0 Å². The molecule has 0 saturated carbocycles. The van der Waals surface area contributed by atoms with Gasteiger partial charge in [0.1, 0.15) is 6.61 Å².